The Kier molecular flexibility index (Phi) is 6.45. The molecule has 0 bridgehead atoms. The number of non-ortho nitro benzene ring substituents is 1. The Balaban J connectivity index is 1.36. The van der Waals surface area contributed by atoms with Gasteiger partial charge in [0.2, 0.25) is 5.91 Å². The highest BCUT2D eigenvalue weighted by Gasteiger charge is 2.29. The van der Waals surface area contributed by atoms with Crippen molar-refractivity contribution < 1.29 is 19.6 Å². The third kappa shape index (κ3) is 4.90. The maximum absolute atomic E-state index is 12.9. The van der Waals surface area contributed by atoms with E-state index >= 15 is 0 Å². The van der Waals surface area contributed by atoms with Gasteiger partial charge in [0.1, 0.15) is 6.04 Å². The highest BCUT2D eigenvalue weighted by Crippen LogP contribution is 2.21. The van der Waals surface area contributed by atoms with Crippen molar-refractivity contribution in [3.05, 3.63) is 76.5 Å². The van der Waals surface area contributed by atoms with Gasteiger partial charge in [0.05, 0.1) is 22.6 Å². The Hall–Kier alpha value is -4.05. The van der Waals surface area contributed by atoms with E-state index in [-0.39, 0.29) is 11.6 Å². The molecular formula is C23H23N5O5. The predicted octanol–water partition coefficient (Wildman–Crippen LogP) is 1.58. The van der Waals surface area contributed by atoms with E-state index in [1.54, 1.807) is 23.1 Å². The molecule has 4 rings (SSSR count). The van der Waals surface area contributed by atoms with Crippen LogP contribution in [0.4, 0.5) is 11.4 Å². The average molecular weight is 449 g/mol. The number of nitrogens with one attached hydrogen (secondary N) is 1. The van der Waals surface area contributed by atoms with Crippen molar-refractivity contribution in [3.63, 3.8) is 0 Å². The zero-order valence-electron chi connectivity index (χ0n) is 17.8. The SMILES string of the molecule is O=C(NC(CO)C(=O)N1CCN(c2ccc([N+](=O)[O-])cc2)CC1)c1cnc2ccccc2c1. The number of carbonyl (C=O) groups is 2. The first-order valence-electron chi connectivity index (χ1n) is 10.5. The summed E-state index contributed by atoms with van der Waals surface area (Å²) in [6.07, 6.45) is 1.44. The van der Waals surface area contributed by atoms with Crippen LogP contribution in [0.1, 0.15) is 10.4 Å². The number of anilines is 1. The first-order chi connectivity index (χ1) is 16.0. The number of hydrogen-bond acceptors (Lipinski definition) is 7. The van der Waals surface area contributed by atoms with Crippen LogP contribution in [0.25, 0.3) is 10.9 Å². The molecule has 10 nitrogen and oxygen atoms in total. The highest BCUT2D eigenvalue weighted by atomic mass is 16.6. The number of nitro groups is 1. The molecule has 2 heterocycles. The number of piperazine rings is 1. The number of benzene rings is 2. The zero-order valence-corrected chi connectivity index (χ0v) is 17.8. The molecule has 1 saturated heterocycles. The number of nitro benzene ring substituents is 1. The number of carbonyl (C=O) groups excluding carboxylic acids is 2. The lowest BCUT2D eigenvalue weighted by Crippen LogP contribution is -2.56. The van der Waals surface area contributed by atoms with Gasteiger partial charge in [-0.1, -0.05) is 18.2 Å². The van der Waals surface area contributed by atoms with Crippen molar-refractivity contribution in [1.29, 1.82) is 0 Å². The van der Waals surface area contributed by atoms with Crippen LogP contribution in [0, 0.1) is 10.1 Å². The van der Waals surface area contributed by atoms with E-state index < -0.39 is 23.5 Å². The van der Waals surface area contributed by atoms with Gasteiger partial charge < -0.3 is 20.2 Å². The van der Waals surface area contributed by atoms with Gasteiger partial charge in [-0.3, -0.25) is 24.7 Å². The first kappa shape index (κ1) is 22.2. The Bertz CT molecular complexity index is 1180. The van der Waals surface area contributed by atoms with Gasteiger partial charge in [0.25, 0.3) is 11.6 Å². The van der Waals surface area contributed by atoms with Crippen molar-refractivity contribution in [2.75, 3.05) is 37.7 Å². The van der Waals surface area contributed by atoms with Gasteiger partial charge >= 0.3 is 0 Å². The van der Waals surface area contributed by atoms with E-state index in [1.807, 2.05) is 29.2 Å². The number of aliphatic hydroxyl groups is 1. The summed E-state index contributed by atoms with van der Waals surface area (Å²) in [6, 6.07) is 14.3. The van der Waals surface area contributed by atoms with Gasteiger partial charge in [-0.05, 0) is 24.3 Å². The Morgan fingerprint density at radius 1 is 1.09 bits per heavy atom. The first-order valence-corrected chi connectivity index (χ1v) is 10.5. The Labute approximate surface area is 189 Å². The number of pyridine rings is 1. The average Bonchev–Trinajstić information content (AvgIpc) is 2.86. The quantitative estimate of drug-likeness (QED) is 0.432. The summed E-state index contributed by atoms with van der Waals surface area (Å²) < 4.78 is 0. The molecule has 2 aromatic carbocycles. The number of amides is 2. The van der Waals surface area contributed by atoms with Crippen molar-refractivity contribution in [1.82, 2.24) is 15.2 Å². The number of fused-ring (bicyclic) bond motifs is 1. The Morgan fingerprint density at radius 3 is 2.45 bits per heavy atom. The number of rotatable bonds is 6. The molecule has 170 valence electrons. The minimum atomic E-state index is -1.06. The molecule has 10 heteroatoms. The van der Waals surface area contributed by atoms with Crippen LogP contribution in [0.2, 0.25) is 0 Å². The molecule has 0 radical (unpaired) electrons. The third-order valence-electron chi connectivity index (χ3n) is 5.66. The van der Waals surface area contributed by atoms with Crippen molar-refractivity contribution in [2.24, 2.45) is 0 Å². The molecule has 2 amide bonds. The summed E-state index contributed by atoms with van der Waals surface area (Å²) >= 11 is 0. The standard InChI is InChI=1S/C23H23N5O5/c29-15-21(25-22(30)17-13-16-3-1-2-4-20(16)24-14-17)23(31)27-11-9-26(10-12-27)18-5-7-19(8-6-18)28(32)33/h1-8,13-14,21,29H,9-12,15H2,(H,25,30). The molecule has 0 saturated carbocycles. The zero-order chi connectivity index (χ0) is 23.4. The summed E-state index contributed by atoms with van der Waals surface area (Å²) in [4.78, 5) is 43.8. The van der Waals surface area contributed by atoms with Crippen LogP contribution in [-0.4, -0.2) is 70.6 Å². The summed E-state index contributed by atoms with van der Waals surface area (Å²) in [6.45, 7) is 1.35. The number of aliphatic hydroxyl groups excluding tert-OH is 1. The smallest absolute Gasteiger partial charge is 0.269 e. The van der Waals surface area contributed by atoms with Crippen LogP contribution < -0.4 is 10.2 Å². The van der Waals surface area contributed by atoms with Crippen molar-refractivity contribution in [2.45, 2.75) is 6.04 Å². The lowest BCUT2D eigenvalue weighted by atomic mass is 10.1. The van der Waals surface area contributed by atoms with E-state index in [2.05, 4.69) is 10.3 Å². The minimum absolute atomic E-state index is 0.0238. The Morgan fingerprint density at radius 2 is 1.79 bits per heavy atom. The summed E-state index contributed by atoms with van der Waals surface area (Å²) in [5.41, 5.74) is 1.93. The van der Waals surface area contributed by atoms with E-state index in [0.29, 0.717) is 31.7 Å². The molecular weight excluding hydrogens is 426 g/mol. The summed E-state index contributed by atoms with van der Waals surface area (Å²) in [5.74, 6) is -0.840. The maximum Gasteiger partial charge on any atom is 0.269 e. The molecule has 2 N–H and O–H groups in total. The molecule has 1 aliphatic rings. The number of nitrogens with zero attached hydrogens (tertiary/aromatic N) is 4. The fourth-order valence-electron chi connectivity index (χ4n) is 3.81. The molecule has 1 atom stereocenters. The second-order valence-corrected chi connectivity index (χ2v) is 7.71. The second kappa shape index (κ2) is 9.61. The fraction of sp³-hybridized carbons (Fsp3) is 0.261. The molecule has 1 aliphatic heterocycles. The second-order valence-electron chi connectivity index (χ2n) is 7.71. The maximum atomic E-state index is 12.9. The molecule has 0 aliphatic carbocycles. The molecule has 3 aromatic rings. The number of aromatic nitrogens is 1. The van der Waals surface area contributed by atoms with Gasteiger partial charge in [-0.2, -0.15) is 0 Å². The van der Waals surface area contributed by atoms with Gasteiger partial charge in [-0.25, -0.2) is 0 Å². The van der Waals surface area contributed by atoms with E-state index in [0.717, 1.165) is 16.6 Å². The molecule has 1 unspecified atom stereocenters. The molecule has 33 heavy (non-hydrogen) atoms. The minimum Gasteiger partial charge on any atom is -0.394 e. The van der Waals surface area contributed by atoms with Gasteiger partial charge in [0.15, 0.2) is 0 Å². The molecule has 1 fully saturated rings. The normalized spacial score (nSPS) is 14.7. The van der Waals surface area contributed by atoms with Gasteiger partial charge in [-0.15, -0.1) is 0 Å². The highest BCUT2D eigenvalue weighted by molar-refractivity contribution is 5.99. The van der Waals surface area contributed by atoms with E-state index in [4.69, 9.17) is 0 Å². The van der Waals surface area contributed by atoms with Crippen LogP contribution in [0.3, 0.4) is 0 Å². The topological polar surface area (TPSA) is 129 Å². The fourth-order valence-corrected chi connectivity index (χ4v) is 3.81. The monoisotopic (exact) mass is 449 g/mol. The van der Waals surface area contributed by atoms with Crippen LogP contribution in [0.15, 0.2) is 60.8 Å². The third-order valence-corrected chi connectivity index (χ3v) is 5.66. The largest absolute Gasteiger partial charge is 0.394 e. The van der Waals surface area contributed by atoms with Crippen LogP contribution in [-0.2, 0) is 4.79 Å². The van der Waals surface area contributed by atoms with Crippen LogP contribution in [0.5, 0.6) is 0 Å². The predicted molar refractivity (Wildman–Crippen MR) is 122 cm³/mol. The number of hydrogen-bond donors (Lipinski definition) is 2. The van der Waals surface area contributed by atoms with Crippen LogP contribution >= 0.6 is 0 Å². The van der Waals surface area contributed by atoms with Crippen molar-refractivity contribution in [3.8, 4) is 0 Å². The van der Waals surface area contributed by atoms with Crippen molar-refractivity contribution >= 4 is 34.1 Å². The van der Waals surface area contributed by atoms with E-state index in [9.17, 15) is 24.8 Å². The summed E-state index contributed by atoms with van der Waals surface area (Å²) in [5, 5.41) is 24.0. The van der Waals surface area contributed by atoms with Gasteiger partial charge in [0, 0.05) is 55.6 Å². The summed E-state index contributed by atoms with van der Waals surface area (Å²) in [7, 11) is 0. The molecule has 0 spiro atoms. The van der Waals surface area contributed by atoms with E-state index in [1.165, 1.54) is 18.3 Å². The number of para-hydroxylation sites is 1. The lowest BCUT2D eigenvalue weighted by Gasteiger charge is -2.37. The molecule has 1 aromatic heterocycles. The lowest BCUT2D eigenvalue weighted by molar-refractivity contribution is -0.384.